The minimum absolute atomic E-state index is 0.188. The molecule has 1 N–H and O–H groups in total. The second-order valence-corrected chi connectivity index (χ2v) is 7.61. The lowest BCUT2D eigenvalue weighted by molar-refractivity contribution is -0.137. The summed E-state index contributed by atoms with van der Waals surface area (Å²) in [6.45, 7) is 5.38. The number of nitrogens with zero attached hydrogens (tertiary/aromatic N) is 6. The number of aromatic nitrogens is 4. The minimum atomic E-state index is -4.47. The summed E-state index contributed by atoms with van der Waals surface area (Å²) in [5.41, 5.74) is 0.427. The maximum atomic E-state index is 12.7. The van der Waals surface area contributed by atoms with Crippen LogP contribution in [0.5, 0.6) is 0 Å². The number of carbonyl (C=O) groups is 1. The minimum Gasteiger partial charge on any atom is -0.354 e. The molecule has 11 heteroatoms. The number of hydrogen-bond acceptors (Lipinski definition) is 6. The van der Waals surface area contributed by atoms with Crippen LogP contribution in [-0.4, -0.2) is 63.8 Å². The van der Waals surface area contributed by atoms with Crippen LogP contribution < -0.4 is 10.2 Å². The molecule has 0 radical (unpaired) electrons. The molecule has 0 bridgehead atoms. The molecule has 1 aliphatic heterocycles. The van der Waals surface area contributed by atoms with Gasteiger partial charge in [0.2, 0.25) is 0 Å². The number of anilines is 2. The standard InChI is InChI=1S/C21H22F3N7O/c1-14-17(13-27-31(14)19-5-3-15(11-25-19)21(22,23)24)20(32)28-16-4-6-18(26-12-16)30-9-7-29(2)8-10-30/h3-6,11-13H,7-10H2,1-2H3,(H,28,32). The molecule has 0 saturated carbocycles. The summed E-state index contributed by atoms with van der Waals surface area (Å²) in [6, 6.07) is 5.79. The Morgan fingerprint density at radius 1 is 0.969 bits per heavy atom. The molecular formula is C21H22F3N7O. The Bertz CT molecular complexity index is 1090. The maximum absolute atomic E-state index is 12.7. The fourth-order valence-electron chi connectivity index (χ4n) is 3.42. The molecule has 1 aliphatic rings. The quantitative estimate of drug-likeness (QED) is 0.665. The van der Waals surface area contributed by atoms with Crippen molar-refractivity contribution >= 4 is 17.4 Å². The number of hydrogen-bond donors (Lipinski definition) is 1. The molecule has 3 aromatic heterocycles. The zero-order chi connectivity index (χ0) is 22.9. The Labute approximate surface area is 182 Å². The normalized spacial score (nSPS) is 15.1. The molecule has 4 rings (SSSR count). The van der Waals surface area contributed by atoms with Gasteiger partial charge in [0.25, 0.3) is 5.91 Å². The smallest absolute Gasteiger partial charge is 0.354 e. The molecule has 168 valence electrons. The van der Waals surface area contributed by atoms with E-state index in [0.29, 0.717) is 11.4 Å². The summed E-state index contributed by atoms with van der Waals surface area (Å²) in [6.07, 6.45) is -0.772. The highest BCUT2D eigenvalue weighted by Gasteiger charge is 2.31. The lowest BCUT2D eigenvalue weighted by Crippen LogP contribution is -2.44. The molecule has 32 heavy (non-hydrogen) atoms. The van der Waals surface area contributed by atoms with Gasteiger partial charge in [0.15, 0.2) is 5.82 Å². The number of rotatable bonds is 4. The Morgan fingerprint density at radius 3 is 2.25 bits per heavy atom. The van der Waals surface area contributed by atoms with Gasteiger partial charge in [-0.3, -0.25) is 4.79 Å². The van der Waals surface area contributed by atoms with Crippen molar-refractivity contribution in [1.82, 2.24) is 24.6 Å². The third-order valence-corrected chi connectivity index (χ3v) is 5.38. The van der Waals surface area contributed by atoms with E-state index in [1.54, 1.807) is 19.2 Å². The van der Waals surface area contributed by atoms with Gasteiger partial charge >= 0.3 is 6.18 Å². The van der Waals surface area contributed by atoms with Gasteiger partial charge in [-0.1, -0.05) is 0 Å². The van der Waals surface area contributed by atoms with Gasteiger partial charge in [0.1, 0.15) is 5.82 Å². The number of nitrogens with one attached hydrogen (secondary N) is 1. The van der Waals surface area contributed by atoms with Gasteiger partial charge in [-0.2, -0.15) is 18.3 Å². The van der Waals surface area contributed by atoms with Crippen LogP contribution in [0.1, 0.15) is 21.6 Å². The molecule has 0 unspecified atom stereocenters. The SMILES string of the molecule is Cc1c(C(=O)Nc2ccc(N3CCN(C)CC3)nc2)cnn1-c1ccc(C(F)(F)F)cn1. The van der Waals surface area contributed by atoms with E-state index < -0.39 is 17.6 Å². The topological polar surface area (TPSA) is 79.2 Å². The molecule has 3 aromatic rings. The van der Waals surface area contributed by atoms with Crippen LogP contribution in [0.3, 0.4) is 0 Å². The highest BCUT2D eigenvalue weighted by atomic mass is 19.4. The van der Waals surface area contributed by atoms with E-state index in [2.05, 4.69) is 37.2 Å². The van der Waals surface area contributed by atoms with E-state index in [4.69, 9.17) is 0 Å². The first-order valence-electron chi connectivity index (χ1n) is 10.0. The van der Waals surface area contributed by atoms with Gasteiger partial charge in [-0.05, 0) is 38.2 Å². The molecule has 4 heterocycles. The van der Waals surface area contributed by atoms with E-state index in [9.17, 15) is 18.0 Å². The van der Waals surface area contributed by atoms with Crippen LogP contribution in [0.25, 0.3) is 5.82 Å². The van der Waals surface area contributed by atoms with Gasteiger partial charge in [0.05, 0.1) is 34.9 Å². The van der Waals surface area contributed by atoms with Gasteiger partial charge in [0, 0.05) is 32.4 Å². The van der Waals surface area contributed by atoms with E-state index in [-0.39, 0.29) is 11.4 Å². The van der Waals surface area contributed by atoms with Gasteiger partial charge in [-0.15, -0.1) is 0 Å². The average Bonchev–Trinajstić information content (AvgIpc) is 3.16. The Kier molecular flexibility index (Phi) is 5.83. The average molecular weight is 445 g/mol. The molecule has 0 spiro atoms. The number of likely N-dealkylation sites (N-methyl/N-ethyl adjacent to an activating group) is 1. The second kappa shape index (κ2) is 8.58. The van der Waals surface area contributed by atoms with E-state index in [1.165, 1.54) is 16.9 Å². The van der Waals surface area contributed by atoms with Gasteiger partial charge in [-0.25, -0.2) is 14.6 Å². The van der Waals surface area contributed by atoms with Crippen LogP contribution in [0, 0.1) is 6.92 Å². The van der Waals surface area contributed by atoms with Crippen molar-refractivity contribution in [3.05, 3.63) is 59.7 Å². The molecular weight excluding hydrogens is 423 g/mol. The molecule has 1 saturated heterocycles. The van der Waals surface area contributed by atoms with Crippen LogP contribution in [0.4, 0.5) is 24.7 Å². The molecule has 1 amide bonds. The number of piperazine rings is 1. The van der Waals surface area contributed by atoms with E-state index >= 15 is 0 Å². The maximum Gasteiger partial charge on any atom is 0.417 e. The van der Waals surface area contributed by atoms with Crippen LogP contribution in [-0.2, 0) is 6.18 Å². The van der Waals surface area contributed by atoms with Crippen LogP contribution in [0.2, 0.25) is 0 Å². The molecule has 0 aliphatic carbocycles. The summed E-state index contributed by atoms with van der Waals surface area (Å²) >= 11 is 0. The summed E-state index contributed by atoms with van der Waals surface area (Å²) in [5, 5.41) is 6.89. The lowest BCUT2D eigenvalue weighted by atomic mass is 10.2. The van der Waals surface area contributed by atoms with Crippen molar-refractivity contribution < 1.29 is 18.0 Å². The number of amides is 1. The first kappa shape index (κ1) is 21.8. The monoisotopic (exact) mass is 445 g/mol. The predicted molar refractivity (Wildman–Crippen MR) is 113 cm³/mol. The third kappa shape index (κ3) is 4.57. The Hall–Kier alpha value is -3.47. The van der Waals surface area contributed by atoms with Crippen LogP contribution >= 0.6 is 0 Å². The summed E-state index contributed by atoms with van der Waals surface area (Å²) in [7, 11) is 2.08. The van der Waals surface area contributed by atoms with Crippen molar-refractivity contribution in [2.45, 2.75) is 13.1 Å². The largest absolute Gasteiger partial charge is 0.417 e. The van der Waals surface area contributed by atoms with Crippen molar-refractivity contribution in [2.75, 3.05) is 43.4 Å². The second-order valence-electron chi connectivity index (χ2n) is 7.61. The number of pyridine rings is 2. The molecule has 0 atom stereocenters. The van der Waals surface area contributed by atoms with E-state index in [1.807, 2.05) is 6.07 Å². The third-order valence-electron chi connectivity index (χ3n) is 5.38. The Balaban J connectivity index is 1.45. The lowest BCUT2D eigenvalue weighted by Gasteiger charge is -2.33. The van der Waals surface area contributed by atoms with Gasteiger partial charge < -0.3 is 15.1 Å². The van der Waals surface area contributed by atoms with Crippen LogP contribution in [0.15, 0.2) is 42.9 Å². The first-order valence-corrected chi connectivity index (χ1v) is 10.0. The number of alkyl halides is 3. The summed E-state index contributed by atoms with van der Waals surface area (Å²) < 4.78 is 39.5. The first-order chi connectivity index (χ1) is 15.2. The summed E-state index contributed by atoms with van der Waals surface area (Å²) in [4.78, 5) is 25.4. The van der Waals surface area contributed by atoms with Crippen molar-refractivity contribution in [3.63, 3.8) is 0 Å². The predicted octanol–water partition coefficient (Wildman–Crippen LogP) is 2.99. The zero-order valence-corrected chi connectivity index (χ0v) is 17.6. The number of carbonyl (C=O) groups excluding carboxylic acids is 1. The highest BCUT2D eigenvalue weighted by Crippen LogP contribution is 2.29. The van der Waals surface area contributed by atoms with E-state index in [0.717, 1.165) is 44.3 Å². The Morgan fingerprint density at radius 2 is 1.66 bits per heavy atom. The highest BCUT2D eigenvalue weighted by molar-refractivity contribution is 6.04. The summed E-state index contributed by atoms with van der Waals surface area (Å²) in [5.74, 6) is 0.649. The fourth-order valence-corrected chi connectivity index (χ4v) is 3.42. The molecule has 0 aromatic carbocycles. The van der Waals surface area contributed by atoms with Crippen molar-refractivity contribution in [1.29, 1.82) is 0 Å². The molecule has 1 fully saturated rings. The van der Waals surface area contributed by atoms with Crippen molar-refractivity contribution in [2.24, 2.45) is 0 Å². The molecule has 8 nitrogen and oxygen atoms in total. The van der Waals surface area contributed by atoms with Crippen molar-refractivity contribution in [3.8, 4) is 5.82 Å². The fraction of sp³-hybridized carbons (Fsp3) is 0.333. The number of halogens is 3. The zero-order valence-electron chi connectivity index (χ0n) is 17.6.